The summed E-state index contributed by atoms with van der Waals surface area (Å²) in [4.78, 5) is 0. The Kier molecular flexibility index (Phi) is 7.45. The number of nitrogens with one attached hydrogen (secondary N) is 1. The Morgan fingerprint density at radius 1 is 1.05 bits per heavy atom. The highest BCUT2D eigenvalue weighted by Crippen LogP contribution is 2.16. The quantitative estimate of drug-likeness (QED) is 0.811. The molecule has 0 heterocycles. The average molecular weight is 312 g/mol. The van der Waals surface area contributed by atoms with E-state index in [4.69, 9.17) is 16.3 Å². The molecule has 0 amide bonds. The summed E-state index contributed by atoms with van der Waals surface area (Å²) in [6.45, 7) is 1.75. The lowest BCUT2D eigenvalue weighted by molar-refractivity contribution is 0.408. The molecule has 0 saturated heterocycles. The fourth-order valence-electron chi connectivity index (χ4n) is 1.96. The molecule has 2 nitrogen and oxygen atoms in total. The van der Waals surface area contributed by atoms with E-state index in [1.165, 1.54) is 11.1 Å². The SMILES string of the molecule is COc1ccccc1CNCCc1ccc(Cl)cc1.Cl. The fourth-order valence-corrected chi connectivity index (χ4v) is 2.08. The first kappa shape index (κ1) is 16.8. The van der Waals surface area contributed by atoms with E-state index in [0.29, 0.717) is 0 Å². The molecule has 2 aromatic carbocycles. The van der Waals surface area contributed by atoms with Crippen LogP contribution in [-0.2, 0) is 13.0 Å². The maximum atomic E-state index is 5.86. The topological polar surface area (TPSA) is 21.3 Å². The summed E-state index contributed by atoms with van der Waals surface area (Å²) in [6.07, 6.45) is 0.992. The number of para-hydroxylation sites is 1. The van der Waals surface area contributed by atoms with Gasteiger partial charge in [0.2, 0.25) is 0 Å². The third-order valence-corrected chi connectivity index (χ3v) is 3.26. The fraction of sp³-hybridized carbons (Fsp3) is 0.250. The molecule has 2 rings (SSSR count). The van der Waals surface area contributed by atoms with Gasteiger partial charge in [0.1, 0.15) is 5.75 Å². The van der Waals surface area contributed by atoms with E-state index in [1.807, 2.05) is 30.3 Å². The molecule has 0 fully saturated rings. The number of hydrogen-bond acceptors (Lipinski definition) is 2. The zero-order valence-corrected chi connectivity index (χ0v) is 13.0. The molecular formula is C16H19Cl2NO. The van der Waals surface area contributed by atoms with E-state index < -0.39 is 0 Å². The minimum absolute atomic E-state index is 0. The van der Waals surface area contributed by atoms with Crippen molar-refractivity contribution in [2.24, 2.45) is 0 Å². The van der Waals surface area contributed by atoms with Crippen molar-refractivity contribution in [2.75, 3.05) is 13.7 Å². The number of hydrogen-bond donors (Lipinski definition) is 1. The first-order chi connectivity index (χ1) is 9.29. The summed E-state index contributed by atoms with van der Waals surface area (Å²) in [5.41, 5.74) is 2.47. The molecule has 0 aliphatic heterocycles. The van der Waals surface area contributed by atoms with Crippen LogP contribution in [0.15, 0.2) is 48.5 Å². The summed E-state index contributed by atoms with van der Waals surface area (Å²) in [5, 5.41) is 4.21. The Labute approximate surface area is 131 Å². The Morgan fingerprint density at radius 3 is 2.45 bits per heavy atom. The Hall–Kier alpha value is -1.22. The van der Waals surface area contributed by atoms with E-state index in [-0.39, 0.29) is 12.4 Å². The number of methoxy groups -OCH3 is 1. The van der Waals surface area contributed by atoms with Gasteiger partial charge >= 0.3 is 0 Å². The highest BCUT2D eigenvalue weighted by molar-refractivity contribution is 6.30. The van der Waals surface area contributed by atoms with Crippen LogP contribution in [0.4, 0.5) is 0 Å². The van der Waals surface area contributed by atoms with Crippen molar-refractivity contribution < 1.29 is 4.74 Å². The summed E-state index contributed by atoms with van der Waals surface area (Å²) < 4.78 is 5.32. The number of rotatable bonds is 6. The third kappa shape index (κ3) is 5.04. The third-order valence-electron chi connectivity index (χ3n) is 3.01. The van der Waals surface area contributed by atoms with Crippen LogP contribution in [-0.4, -0.2) is 13.7 Å². The average Bonchev–Trinajstić information content (AvgIpc) is 2.46. The monoisotopic (exact) mass is 311 g/mol. The minimum Gasteiger partial charge on any atom is -0.496 e. The Balaban J connectivity index is 0.00000200. The first-order valence-corrected chi connectivity index (χ1v) is 6.74. The lowest BCUT2D eigenvalue weighted by Gasteiger charge is -2.09. The zero-order valence-electron chi connectivity index (χ0n) is 11.4. The van der Waals surface area contributed by atoms with Gasteiger partial charge in [-0.15, -0.1) is 12.4 Å². The number of ether oxygens (including phenoxy) is 1. The van der Waals surface area contributed by atoms with Gasteiger partial charge in [0.25, 0.3) is 0 Å². The Bertz CT molecular complexity index is 514. The lowest BCUT2D eigenvalue weighted by Crippen LogP contribution is -2.17. The van der Waals surface area contributed by atoms with Crippen LogP contribution >= 0.6 is 24.0 Å². The van der Waals surface area contributed by atoms with Gasteiger partial charge in [0.05, 0.1) is 7.11 Å². The largest absolute Gasteiger partial charge is 0.496 e. The van der Waals surface area contributed by atoms with Crippen LogP contribution in [0.25, 0.3) is 0 Å². The van der Waals surface area contributed by atoms with Crippen molar-refractivity contribution >= 4 is 24.0 Å². The normalized spacial score (nSPS) is 9.90. The van der Waals surface area contributed by atoms with Gasteiger partial charge in [-0.1, -0.05) is 41.9 Å². The minimum atomic E-state index is 0. The summed E-state index contributed by atoms with van der Waals surface area (Å²) in [5.74, 6) is 0.932. The molecule has 20 heavy (non-hydrogen) atoms. The van der Waals surface area contributed by atoms with Crippen molar-refractivity contribution in [3.63, 3.8) is 0 Å². The van der Waals surface area contributed by atoms with Crippen molar-refractivity contribution in [2.45, 2.75) is 13.0 Å². The molecule has 0 radical (unpaired) electrons. The van der Waals surface area contributed by atoms with Gasteiger partial charge in [-0.3, -0.25) is 0 Å². The van der Waals surface area contributed by atoms with Crippen LogP contribution in [0.2, 0.25) is 5.02 Å². The maximum absolute atomic E-state index is 5.86. The molecule has 2 aromatic rings. The second-order valence-electron chi connectivity index (χ2n) is 4.37. The molecule has 4 heteroatoms. The zero-order chi connectivity index (χ0) is 13.5. The predicted octanol–water partition coefficient (Wildman–Crippen LogP) is 4.10. The van der Waals surface area contributed by atoms with Gasteiger partial charge in [0.15, 0.2) is 0 Å². The van der Waals surface area contributed by atoms with Gasteiger partial charge in [-0.05, 0) is 36.7 Å². The molecule has 0 aliphatic rings. The van der Waals surface area contributed by atoms with Gasteiger partial charge in [-0.25, -0.2) is 0 Å². The number of halogens is 2. The molecule has 0 atom stereocenters. The highest BCUT2D eigenvalue weighted by atomic mass is 35.5. The van der Waals surface area contributed by atoms with E-state index >= 15 is 0 Å². The second-order valence-corrected chi connectivity index (χ2v) is 4.80. The molecule has 0 aromatic heterocycles. The summed E-state index contributed by atoms with van der Waals surface area (Å²) >= 11 is 5.86. The van der Waals surface area contributed by atoms with Crippen LogP contribution < -0.4 is 10.1 Å². The van der Waals surface area contributed by atoms with Crippen LogP contribution in [0.5, 0.6) is 5.75 Å². The first-order valence-electron chi connectivity index (χ1n) is 6.36. The van der Waals surface area contributed by atoms with E-state index in [1.54, 1.807) is 7.11 Å². The smallest absolute Gasteiger partial charge is 0.123 e. The molecule has 0 spiro atoms. The standard InChI is InChI=1S/C16H18ClNO.ClH/c1-19-16-5-3-2-4-14(16)12-18-11-10-13-6-8-15(17)9-7-13;/h2-9,18H,10-12H2,1H3;1H. The lowest BCUT2D eigenvalue weighted by atomic mass is 10.1. The molecular weight excluding hydrogens is 293 g/mol. The molecule has 108 valence electrons. The van der Waals surface area contributed by atoms with Crippen LogP contribution in [0.1, 0.15) is 11.1 Å². The van der Waals surface area contributed by atoms with Crippen molar-refractivity contribution in [1.29, 1.82) is 0 Å². The molecule has 0 bridgehead atoms. The molecule has 1 N–H and O–H groups in total. The predicted molar refractivity (Wildman–Crippen MR) is 87.1 cm³/mol. The van der Waals surface area contributed by atoms with Crippen molar-refractivity contribution in [3.05, 3.63) is 64.7 Å². The molecule has 0 aliphatic carbocycles. The molecule has 0 saturated carbocycles. The second kappa shape index (κ2) is 8.85. The van der Waals surface area contributed by atoms with Gasteiger partial charge in [-0.2, -0.15) is 0 Å². The highest BCUT2D eigenvalue weighted by Gasteiger charge is 2.00. The van der Waals surface area contributed by atoms with Crippen LogP contribution in [0.3, 0.4) is 0 Å². The maximum Gasteiger partial charge on any atom is 0.123 e. The van der Waals surface area contributed by atoms with Crippen molar-refractivity contribution in [3.8, 4) is 5.75 Å². The summed E-state index contributed by atoms with van der Waals surface area (Å²) in [7, 11) is 1.70. The Morgan fingerprint density at radius 2 is 1.75 bits per heavy atom. The van der Waals surface area contributed by atoms with E-state index in [0.717, 1.165) is 30.3 Å². The molecule has 0 unspecified atom stereocenters. The van der Waals surface area contributed by atoms with Crippen molar-refractivity contribution in [1.82, 2.24) is 5.32 Å². The number of benzene rings is 2. The van der Waals surface area contributed by atoms with Gasteiger partial charge < -0.3 is 10.1 Å². The summed E-state index contributed by atoms with van der Waals surface area (Å²) in [6, 6.07) is 16.0. The van der Waals surface area contributed by atoms with Gasteiger partial charge in [0, 0.05) is 17.1 Å². The van der Waals surface area contributed by atoms with E-state index in [2.05, 4.69) is 23.5 Å². The van der Waals surface area contributed by atoms with Crippen LogP contribution in [0, 0.1) is 0 Å². The van der Waals surface area contributed by atoms with E-state index in [9.17, 15) is 0 Å².